The second-order valence-corrected chi connectivity index (χ2v) is 5.10. The molecule has 0 saturated heterocycles. The van der Waals surface area contributed by atoms with Gasteiger partial charge in [0.1, 0.15) is 5.75 Å². The minimum atomic E-state index is -0.0456. The predicted molar refractivity (Wildman–Crippen MR) is 83.8 cm³/mol. The Labute approximate surface area is 130 Å². The highest BCUT2D eigenvalue weighted by molar-refractivity contribution is 6.32. The summed E-state index contributed by atoms with van der Waals surface area (Å²) in [5.41, 5.74) is 0.657. The molecular weight excluding hydrogens is 292 g/mol. The first-order chi connectivity index (χ1) is 10.0. The van der Waals surface area contributed by atoms with Gasteiger partial charge in [0.25, 0.3) is 0 Å². The van der Waals surface area contributed by atoms with Gasteiger partial charge in [0.15, 0.2) is 0 Å². The van der Waals surface area contributed by atoms with Crippen molar-refractivity contribution in [3.8, 4) is 5.75 Å². The lowest BCUT2D eigenvalue weighted by atomic mass is 10.2. The van der Waals surface area contributed by atoms with Crippen LogP contribution in [0.2, 0.25) is 5.02 Å². The Kier molecular flexibility index (Phi) is 7.61. The predicted octanol–water partition coefficient (Wildman–Crippen LogP) is 2.98. The van der Waals surface area contributed by atoms with Crippen molar-refractivity contribution in [3.63, 3.8) is 0 Å². The summed E-state index contributed by atoms with van der Waals surface area (Å²) in [6.45, 7) is 2.15. The number of benzene rings is 1. The van der Waals surface area contributed by atoms with Crippen molar-refractivity contribution in [2.45, 2.75) is 32.6 Å². The van der Waals surface area contributed by atoms with Gasteiger partial charge in [-0.2, -0.15) is 0 Å². The van der Waals surface area contributed by atoms with Crippen LogP contribution >= 0.6 is 11.6 Å². The van der Waals surface area contributed by atoms with Gasteiger partial charge in [0, 0.05) is 25.6 Å². The Balaban J connectivity index is 2.24. The van der Waals surface area contributed by atoms with Gasteiger partial charge in [-0.3, -0.25) is 9.59 Å². The number of ether oxygens (including phenoxy) is 1. The van der Waals surface area contributed by atoms with Crippen molar-refractivity contribution >= 4 is 29.1 Å². The number of carbonyl (C=O) groups is 2. The summed E-state index contributed by atoms with van der Waals surface area (Å²) in [7, 11) is 1.54. The number of unbranched alkanes of at least 4 members (excludes halogenated alkanes) is 2. The summed E-state index contributed by atoms with van der Waals surface area (Å²) in [6.07, 6.45) is 3.01. The van der Waals surface area contributed by atoms with Crippen molar-refractivity contribution in [1.82, 2.24) is 5.32 Å². The molecule has 0 aliphatic rings. The molecule has 0 aromatic heterocycles. The zero-order chi connectivity index (χ0) is 15.7. The number of rotatable bonds is 8. The van der Waals surface area contributed by atoms with Crippen LogP contribution in [-0.2, 0) is 9.59 Å². The van der Waals surface area contributed by atoms with Crippen LogP contribution in [0.1, 0.15) is 32.6 Å². The Bertz CT molecular complexity index is 492. The van der Waals surface area contributed by atoms with Crippen LogP contribution < -0.4 is 15.4 Å². The van der Waals surface area contributed by atoms with Crippen molar-refractivity contribution in [2.24, 2.45) is 0 Å². The Morgan fingerprint density at radius 1 is 1.24 bits per heavy atom. The van der Waals surface area contributed by atoms with Crippen LogP contribution in [0.5, 0.6) is 5.75 Å². The number of hydrogen-bond donors (Lipinski definition) is 2. The molecule has 0 saturated carbocycles. The molecule has 1 aromatic rings. The summed E-state index contributed by atoms with van der Waals surface area (Å²) in [6, 6.07) is 5.12. The zero-order valence-corrected chi connectivity index (χ0v) is 13.1. The third kappa shape index (κ3) is 6.99. The van der Waals surface area contributed by atoms with E-state index in [0.29, 0.717) is 29.4 Å². The topological polar surface area (TPSA) is 67.4 Å². The van der Waals surface area contributed by atoms with Gasteiger partial charge < -0.3 is 15.4 Å². The average molecular weight is 313 g/mol. The lowest BCUT2D eigenvalue weighted by molar-refractivity contribution is -0.119. The monoisotopic (exact) mass is 312 g/mol. The first kappa shape index (κ1) is 17.3. The van der Waals surface area contributed by atoms with Crippen molar-refractivity contribution in [1.29, 1.82) is 0 Å². The van der Waals surface area contributed by atoms with E-state index in [0.717, 1.165) is 19.3 Å². The molecule has 6 heteroatoms. The summed E-state index contributed by atoms with van der Waals surface area (Å²) >= 11 is 5.99. The molecule has 0 fully saturated rings. The highest BCUT2D eigenvalue weighted by Gasteiger charge is 2.05. The minimum Gasteiger partial charge on any atom is -0.495 e. The quantitative estimate of drug-likeness (QED) is 0.725. The highest BCUT2D eigenvalue weighted by Crippen LogP contribution is 2.27. The van der Waals surface area contributed by atoms with Crippen LogP contribution in [0.3, 0.4) is 0 Å². The smallest absolute Gasteiger partial charge is 0.224 e. The van der Waals surface area contributed by atoms with Crippen LogP contribution in [0, 0.1) is 0 Å². The van der Waals surface area contributed by atoms with Gasteiger partial charge in [-0.1, -0.05) is 18.0 Å². The van der Waals surface area contributed by atoms with E-state index in [1.807, 2.05) is 0 Å². The van der Waals surface area contributed by atoms with Crippen molar-refractivity contribution < 1.29 is 14.3 Å². The molecule has 116 valence electrons. The maximum absolute atomic E-state index is 11.8. The number of hydrogen-bond acceptors (Lipinski definition) is 3. The molecule has 1 aromatic carbocycles. The largest absolute Gasteiger partial charge is 0.495 e. The maximum Gasteiger partial charge on any atom is 0.224 e. The standard InChI is InChI=1S/C15H21ClN2O3/c1-11(19)17-9-5-3-4-6-15(20)18-12-7-8-14(21-2)13(16)10-12/h7-8,10H,3-6,9H2,1-2H3,(H,17,19)(H,18,20). The SMILES string of the molecule is COc1ccc(NC(=O)CCCCCNC(C)=O)cc1Cl. The third-order valence-electron chi connectivity index (χ3n) is 2.89. The molecule has 2 amide bonds. The third-order valence-corrected chi connectivity index (χ3v) is 3.19. The molecule has 2 N–H and O–H groups in total. The molecule has 0 atom stereocenters. The van der Waals surface area contributed by atoms with Gasteiger partial charge in [0.2, 0.25) is 11.8 Å². The number of nitrogens with one attached hydrogen (secondary N) is 2. The van der Waals surface area contributed by atoms with E-state index in [-0.39, 0.29) is 11.8 Å². The van der Waals surface area contributed by atoms with Gasteiger partial charge in [0.05, 0.1) is 12.1 Å². The molecule has 0 unspecified atom stereocenters. The second kappa shape index (κ2) is 9.23. The van der Waals surface area contributed by atoms with E-state index < -0.39 is 0 Å². The normalized spacial score (nSPS) is 10.0. The Morgan fingerprint density at radius 2 is 2.00 bits per heavy atom. The molecule has 5 nitrogen and oxygen atoms in total. The molecule has 0 heterocycles. The molecule has 0 radical (unpaired) electrons. The summed E-state index contributed by atoms with van der Waals surface area (Å²) in [5, 5.41) is 5.98. The van der Waals surface area contributed by atoms with E-state index in [1.165, 1.54) is 6.92 Å². The van der Waals surface area contributed by atoms with Crippen molar-refractivity contribution in [3.05, 3.63) is 23.2 Å². The Hall–Kier alpha value is -1.75. The van der Waals surface area contributed by atoms with Gasteiger partial charge >= 0.3 is 0 Å². The highest BCUT2D eigenvalue weighted by atomic mass is 35.5. The summed E-state index contributed by atoms with van der Waals surface area (Å²) in [5.74, 6) is 0.507. The van der Waals surface area contributed by atoms with E-state index in [9.17, 15) is 9.59 Å². The van der Waals surface area contributed by atoms with Crippen molar-refractivity contribution in [2.75, 3.05) is 19.0 Å². The van der Waals surface area contributed by atoms with Crippen LogP contribution in [-0.4, -0.2) is 25.5 Å². The fourth-order valence-corrected chi connectivity index (χ4v) is 2.08. The molecule has 0 bridgehead atoms. The molecule has 0 aliphatic carbocycles. The van der Waals surface area contributed by atoms with E-state index in [4.69, 9.17) is 16.3 Å². The summed E-state index contributed by atoms with van der Waals surface area (Å²) in [4.78, 5) is 22.4. The number of carbonyl (C=O) groups excluding carboxylic acids is 2. The molecule has 21 heavy (non-hydrogen) atoms. The first-order valence-corrected chi connectivity index (χ1v) is 7.28. The molecule has 1 rings (SSSR count). The van der Waals surface area contributed by atoms with Crippen LogP contribution in [0.4, 0.5) is 5.69 Å². The van der Waals surface area contributed by atoms with E-state index in [2.05, 4.69) is 10.6 Å². The van der Waals surface area contributed by atoms with Crippen LogP contribution in [0.25, 0.3) is 0 Å². The molecule has 0 spiro atoms. The Morgan fingerprint density at radius 3 is 2.62 bits per heavy atom. The molecular formula is C15H21ClN2O3. The summed E-state index contributed by atoms with van der Waals surface area (Å²) < 4.78 is 5.05. The number of methoxy groups -OCH3 is 1. The van der Waals surface area contributed by atoms with Crippen LogP contribution in [0.15, 0.2) is 18.2 Å². The average Bonchev–Trinajstić information content (AvgIpc) is 2.42. The fourth-order valence-electron chi connectivity index (χ4n) is 1.82. The van der Waals surface area contributed by atoms with E-state index in [1.54, 1.807) is 25.3 Å². The first-order valence-electron chi connectivity index (χ1n) is 6.90. The fraction of sp³-hybridized carbons (Fsp3) is 0.467. The van der Waals surface area contributed by atoms with E-state index >= 15 is 0 Å². The lowest BCUT2D eigenvalue weighted by Gasteiger charge is -2.08. The molecule has 0 aliphatic heterocycles. The maximum atomic E-state index is 11.8. The van der Waals surface area contributed by atoms with Gasteiger partial charge in [-0.25, -0.2) is 0 Å². The number of anilines is 1. The number of amides is 2. The second-order valence-electron chi connectivity index (χ2n) is 4.69. The van der Waals surface area contributed by atoms with Gasteiger partial charge in [-0.15, -0.1) is 0 Å². The number of halogens is 1. The van der Waals surface area contributed by atoms with Gasteiger partial charge in [-0.05, 0) is 31.0 Å². The minimum absolute atomic E-state index is 0.0240. The zero-order valence-electron chi connectivity index (χ0n) is 12.4. The lowest BCUT2D eigenvalue weighted by Crippen LogP contribution is -2.20.